The number of carbonyl (C=O) groups excluding carboxylic acids is 1. The first-order valence-electron chi connectivity index (χ1n) is 14.7. The van der Waals surface area contributed by atoms with Crippen molar-refractivity contribution in [1.82, 2.24) is 25.6 Å². The predicted octanol–water partition coefficient (Wildman–Crippen LogP) is 1.55. The van der Waals surface area contributed by atoms with E-state index < -0.39 is 0 Å². The standard InChI is InChI=1S/C27H50N6O2/c1-20-17-21-7-5-11-29-25(21)26(27(20)35-19-24(28)34)32-13-6-12-31(15-16-32)18-22-10-14-33(30-22)23-8-3-2-4-9-23/h20-23,25-27,29-30H,2-19H2,1H3,(H2,28,34). The van der Waals surface area contributed by atoms with Gasteiger partial charge in [-0.1, -0.05) is 26.2 Å². The molecular formula is C27H50N6O2. The Bertz CT molecular complexity index is 689. The Morgan fingerprint density at radius 2 is 1.83 bits per heavy atom. The van der Waals surface area contributed by atoms with Gasteiger partial charge in [0.05, 0.1) is 12.1 Å². The van der Waals surface area contributed by atoms with E-state index in [4.69, 9.17) is 10.5 Å². The van der Waals surface area contributed by atoms with Gasteiger partial charge in [-0.3, -0.25) is 15.1 Å². The Balaban J connectivity index is 1.18. The summed E-state index contributed by atoms with van der Waals surface area (Å²) in [5, 5.41) is 6.44. The zero-order valence-corrected chi connectivity index (χ0v) is 22.0. The van der Waals surface area contributed by atoms with Gasteiger partial charge in [0.1, 0.15) is 6.61 Å². The third-order valence-electron chi connectivity index (χ3n) is 9.60. The van der Waals surface area contributed by atoms with E-state index in [-0.39, 0.29) is 18.6 Å². The molecular weight excluding hydrogens is 440 g/mol. The Morgan fingerprint density at radius 1 is 0.971 bits per heavy atom. The van der Waals surface area contributed by atoms with Crippen molar-refractivity contribution in [3.05, 3.63) is 0 Å². The number of rotatable bonds is 7. The zero-order valence-electron chi connectivity index (χ0n) is 22.0. The Kier molecular flexibility index (Phi) is 9.00. The minimum Gasteiger partial charge on any atom is -0.368 e. The van der Waals surface area contributed by atoms with Gasteiger partial charge in [-0.2, -0.15) is 0 Å². The van der Waals surface area contributed by atoms with E-state index in [0.717, 1.165) is 38.8 Å². The second-order valence-electron chi connectivity index (χ2n) is 12.1. The number of hydrazine groups is 1. The van der Waals surface area contributed by atoms with Gasteiger partial charge in [0.2, 0.25) is 5.91 Å². The monoisotopic (exact) mass is 490 g/mol. The topological polar surface area (TPSA) is 86.1 Å². The van der Waals surface area contributed by atoms with E-state index in [9.17, 15) is 4.79 Å². The minimum atomic E-state index is -0.358. The van der Waals surface area contributed by atoms with E-state index in [0.29, 0.717) is 30.0 Å². The summed E-state index contributed by atoms with van der Waals surface area (Å²) in [4.78, 5) is 16.9. The van der Waals surface area contributed by atoms with Gasteiger partial charge >= 0.3 is 0 Å². The molecule has 5 aliphatic rings. The Hall–Kier alpha value is -0.770. The normalized spacial score (nSPS) is 38.8. The van der Waals surface area contributed by atoms with Gasteiger partial charge in [-0.05, 0) is 76.4 Å². The average molecular weight is 491 g/mol. The summed E-state index contributed by atoms with van der Waals surface area (Å²) in [6, 6.07) is 2.14. The fourth-order valence-corrected chi connectivity index (χ4v) is 7.93. The highest BCUT2D eigenvalue weighted by Crippen LogP contribution is 2.38. The zero-order chi connectivity index (χ0) is 24.2. The Labute approximate surface area is 212 Å². The van der Waals surface area contributed by atoms with Crippen LogP contribution in [0.4, 0.5) is 0 Å². The van der Waals surface area contributed by atoms with Crippen LogP contribution in [-0.2, 0) is 9.53 Å². The smallest absolute Gasteiger partial charge is 0.243 e. The SMILES string of the molecule is CC1CC2CCCNC2C(N2CCCN(CC3CCN(C4CCCCC4)N3)CC2)C1OCC(N)=O. The van der Waals surface area contributed by atoms with Crippen molar-refractivity contribution in [3.63, 3.8) is 0 Å². The molecule has 0 aromatic heterocycles. The van der Waals surface area contributed by atoms with Crippen molar-refractivity contribution in [2.24, 2.45) is 17.6 Å². The van der Waals surface area contributed by atoms with Crippen LogP contribution in [0.5, 0.6) is 0 Å². The highest BCUT2D eigenvalue weighted by molar-refractivity contribution is 5.75. The average Bonchev–Trinajstić information content (AvgIpc) is 3.21. The first-order chi connectivity index (χ1) is 17.1. The maximum Gasteiger partial charge on any atom is 0.243 e. The molecule has 8 nitrogen and oxygen atoms in total. The third-order valence-corrected chi connectivity index (χ3v) is 9.60. The quantitative estimate of drug-likeness (QED) is 0.499. The number of amides is 1. The molecule has 5 fully saturated rings. The lowest BCUT2D eigenvalue weighted by molar-refractivity contribution is -0.134. The summed E-state index contributed by atoms with van der Waals surface area (Å²) in [5.41, 5.74) is 9.36. The number of primary amides is 1. The van der Waals surface area contributed by atoms with Crippen molar-refractivity contribution >= 4 is 5.91 Å². The van der Waals surface area contributed by atoms with Crippen LogP contribution in [0.15, 0.2) is 0 Å². The van der Waals surface area contributed by atoms with Gasteiger partial charge in [-0.15, -0.1) is 0 Å². The molecule has 0 aromatic carbocycles. The van der Waals surface area contributed by atoms with Gasteiger partial charge in [0.25, 0.3) is 0 Å². The largest absolute Gasteiger partial charge is 0.368 e. The number of fused-ring (bicyclic) bond motifs is 1. The van der Waals surface area contributed by atoms with Crippen LogP contribution in [0.2, 0.25) is 0 Å². The van der Waals surface area contributed by atoms with Crippen LogP contribution < -0.4 is 16.5 Å². The molecule has 3 aliphatic heterocycles. The summed E-state index contributed by atoms with van der Waals surface area (Å²) in [5.74, 6) is 0.807. The number of nitrogens with one attached hydrogen (secondary N) is 2. The lowest BCUT2D eigenvalue weighted by atomic mass is 9.70. The van der Waals surface area contributed by atoms with Crippen molar-refractivity contribution < 1.29 is 9.53 Å². The molecule has 0 radical (unpaired) electrons. The molecule has 35 heavy (non-hydrogen) atoms. The number of ether oxygens (including phenoxy) is 1. The molecule has 0 bridgehead atoms. The molecule has 3 heterocycles. The van der Waals surface area contributed by atoms with Crippen LogP contribution in [0.25, 0.3) is 0 Å². The van der Waals surface area contributed by atoms with Crippen LogP contribution in [0.1, 0.15) is 71.1 Å². The second-order valence-corrected chi connectivity index (χ2v) is 12.1. The fraction of sp³-hybridized carbons (Fsp3) is 0.963. The molecule has 4 N–H and O–H groups in total. The number of nitrogens with zero attached hydrogens (tertiary/aromatic N) is 3. The van der Waals surface area contributed by atoms with Crippen molar-refractivity contribution in [2.45, 2.75) is 101 Å². The van der Waals surface area contributed by atoms with E-state index in [1.165, 1.54) is 77.3 Å². The second kappa shape index (κ2) is 12.2. The molecule has 3 saturated heterocycles. The molecule has 5 rings (SSSR count). The lowest BCUT2D eigenvalue weighted by Gasteiger charge is -2.52. The molecule has 6 unspecified atom stereocenters. The highest BCUT2D eigenvalue weighted by atomic mass is 16.5. The lowest BCUT2D eigenvalue weighted by Crippen LogP contribution is -2.66. The maximum atomic E-state index is 11.6. The van der Waals surface area contributed by atoms with E-state index in [1.807, 2.05) is 0 Å². The summed E-state index contributed by atoms with van der Waals surface area (Å²) in [6.07, 6.45) is 13.3. The first kappa shape index (κ1) is 25.9. The van der Waals surface area contributed by atoms with E-state index in [1.54, 1.807) is 0 Å². The molecule has 1 amide bonds. The van der Waals surface area contributed by atoms with Crippen LogP contribution >= 0.6 is 0 Å². The summed E-state index contributed by atoms with van der Waals surface area (Å²) < 4.78 is 6.23. The van der Waals surface area contributed by atoms with Gasteiger partial charge in [0, 0.05) is 44.3 Å². The molecule has 200 valence electrons. The van der Waals surface area contributed by atoms with Crippen molar-refractivity contribution in [2.75, 3.05) is 52.4 Å². The summed E-state index contributed by atoms with van der Waals surface area (Å²) in [6.45, 7) is 10.3. The molecule has 2 saturated carbocycles. The predicted molar refractivity (Wildman–Crippen MR) is 139 cm³/mol. The van der Waals surface area contributed by atoms with E-state index >= 15 is 0 Å². The summed E-state index contributed by atoms with van der Waals surface area (Å²) in [7, 11) is 0. The van der Waals surface area contributed by atoms with Crippen LogP contribution in [0.3, 0.4) is 0 Å². The third kappa shape index (κ3) is 6.39. The highest BCUT2D eigenvalue weighted by Gasteiger charge is 2.47. The van der Waals surface area contributed by atoms with E-state index in [2.05, 4.69) is 32.5 Å². The van der Waals surface area contributed by atoms with Gasteiger partial charge in [-0.25, -0.2) is 5.01 Å². The number of piperidine rings is 1. The molecule has 2 aliphatic carbocycles. The molecule has 6 atom stereocenters. The Morgan fingerprint density at radius 3 is 2.66 bits per heavy atom. The fourth-order valence-electron chi connectivity index (χ4n) is 7.93. The van der Waals surface area contributed by atoms with Crippen molar-refractivity contribution in [3.8, 4) is 0 Å². The molecule has 0 aromatic rings. The van der Waals surface area contributed by atoms with Crippen LogP contribution in [-0.4, -0.2) is 103 Å². The van der Waals surface area contributed by atoms with Crippen molar-refractivity contribution in [1.29, 1.82) is 0 Å². The number of hydrogen-bond donors (Lipinski definition) is 3. The molecule has 8 heteroatoms. The first-order valence-corrected chi connectivity index (χ1v) is 14.7. The minimum absolute atomic E-state index is 0.0354. The number of carbonyl (C=O) groups is 1. The van der Waals surface area contributed by atoms with Crippen LogP contribution in [0, 0.1) is 11.8 Å². The summed E-state index contributed by atoms with van der Waals surface area (Å²) >= 11 is 0. The number of hydrogen-bond acceptors (Lipinski definition) is 7. The number of nitrogens with two attached hydrogens (primary N) is 1. The maximum absolute atomic E-state index is 11.6. The van der Waals surface area contributed by atoms with Gasteiger partial charge in [0.15, 0.2) is 0 Å². The van der Waals surface area contributed by atoms with Gasteiger partial charge < -0.3 is 20.7 Å². The molecule has 0 spiro atoms.